The first-order valence-electron chi connectivity index (χ1n) is 18.8. The molecule has 2 aliphatic heterocycles. The predicted octanol–water partition coefficient (Wildman–Crippen LogP) is 5.37. The highest BCUT2D eigenvalue weighted by atomic mass is 16.6. The molecule has 17 nitrogen and oxygen atoms in total. The molecule has 17 heteroatoms. The molecule has 3 N–H and O–H groups in total. The van der Waals surface area contributed by atoms with E-state index in [0.29, 0.717) is 11.4 Å². The Balaban J connectivity index is 0.000000212. The van der Waals surface area contributed by atoms with E-state index in [9.17, 15) is 10.1 Å². The van der Waals surface area contributed by atoms with Gasteiger partial charge in [0.25, 0.3) is 0 Å². The molecule has 6 heterocycles. The Hall–Kier alpha value is -6.88. The highest BCUT2D eigenvalue weighted by Crippen LogP contribution is 2.41. The molecule has 6 aromatic rings. The van der Waals surface area contributed by atoms with Crippen LogP contribution in [0.1, 0.15) is 7.43 Å². The van der Waals surface area contributed by atoms with E-state index in [1.165, 1.54) is 12.8 Å². The number of aliphatic hydroxyl groups excluding tert-OH is 1. The maximum atomic E-state index is 11.5. The molecule has 0 spiro atoms. The molecular weight excluding hydrogens is 753 g/mol. The summed E-state index contributed by atoms with van der Waals surface area (Å²) < 4.78 is 14.3. The summed E-state index contributed by atoms with van der Waals surface area (Å²) in [6.45, 7) is 6.92. The number of aryl methyl sites for hydroxylation is 2. The standard InChI is InChI=1S/C20H22N6O3.C20H24N6O.CH4O.CH4/c1-23-14-15(12-22-23)17-10-19(26(27)28)20(29-2)11-18(17)25-8-6-24(7-9-25)16-4-3-5-21-13-16;1-24-14-15(12-23-24)17-10-18(21)20(27-2)11-19(17)26-8-6-25(7-9-26)16-4-3-5-22-13-16;1-2;/h3-5,10-14H,6-9H2,1-2H3;3-5,10-14H,6-9,21H2,1-2H3;2H,1H3;1H4. The molecule has 0 amide bonds. The molecule has 59 heavy (non-hydrogen) atoms. The number of aliphatic hydroxyl groups is 1. The van der Waals surface area contributed by atoms with Crippen LogP contribution in [0.4, 0.5) is 34.1 Å². The van der Waals surface area contributed by atoms with Gasteiger partial charge >= 0.3 is 5.69 Å². The third-order valence-electron chi connectivity index (χ3n) is 10.1. The number of piperazine rings is 2. The predicted molar refractivity (Wildman–Crippen MR) is 234 cm³/mol. The van der Waals surface area contributed by atoms with Crippen LogP contribution in [0.15, 0.2) is 98.1 Å². The Morgan fingerprint density at radius 2 is 1.08 bits per heavy atom. The number of ether oxygens (including phenoxy) is 2. The van der Waals surface area contributed by atoms with Gasteiger partial charge in [0.2, 0.25) is 0 Å². The van der Waals surface area contributed by atoms with Gasteiger partial charge in [-0.3, -0.25) is 29.4 Å². The molecule has 0 bridgehead atoms. The first-order chi connectivity index (χ1) is 28.2. The first kappa shape index (κ1) is 43.2. The average molecular weight is 807 g/mol. The van der Waals surface area contributed by atoms with Gasteiger partial charge in [-0.2, -0.15) is 10.2 Å². The van der Waals surface area contributed by atoms with Crippen molar-refractivity contribution in [3.05, 3.63) is 108 Å². The summed E-state index contributed by atoms with van der Waals surface area (Å²) in [7, 11) is 7.85. The number of nitro benzene ring substituents is 1. The van der Waals surface area contributed by atoms with Crippen LogP contribution < -0.4 is 34.8 Å². The van der Waals surface area contributed by atoms with Crippen molar-refractivity contribution in [2.75, 3.05) is 99.0 Å². The smallest absolute Gasteiger partial charge is 0.311 e. The van der Waals surface area contributed by atoms with Gasteiger partial charge in [0.15, 0.2) is 5.75 Å². The van der Waals surface area contributed by atoms with E-state index in [4.69, 9.17) is 20.3 Å². The van der Waals surface area contributed by atoms with E-state index >= 15 is 0 Å². The van der Waals surface area contributed by atoms with E-state index in [1.54, 1.807) is 47.2 Å². The number of hydrogen-bond acceptors (Lipinski definition) is 14. The van der Waals surface area contributed by atoms with E-state index in [-0.39, 0.29) is 18.9 Å². The Bertz CT molecular complexity index is 2250. The lowest BCUT2D eigenvalue weighted by atomic mass is 10.0. The van der Waals surface area contributed by atoms with Crippen LogP contribution in [0.5, 0.6) is 11.5 Å². The molecule has 0 atom stereocenters. The Morgan fingerprint density at radius 1 is 0.661 bits per heavy atom. The molecule has 2 saturated heterocycles. The van der Waals surface area contributed by atoms with Crippen molar-refractivity contribution >= 4 is 34.1 Å². The summed E-state index contributed by atoms with van der Waals surface area (Å²) in [5.74, 6) is 0.958. The fourth-order valence-electron chi connectivity index (χ4n) is 7.23. The van der Waals surface area contributed by atoms with Gasteiger partial charge in [-0.25, -0.2) is 0 Å². The lowest BCUT2D eigenvalue weighted by Crippen LogP contribution is -2.46. The number of benzene rings is 2. The van der Waals surface area contributed by atoms with Gasteiger partial charge in [-0.1, -0.05) is 7.43 Å². The second kappa shape index (κ2) is 20.0. The summed E-state index contributed by atoms with van der Waals surface area (Å²) in [6.07, 6.45) is 14.8. The van der Waals surface area contributed by atoms with Crippen LogP contribution in [0.25, 0.3) is 22.3 Å². The van der Waals surface area contributed by atoms with Crippen LogP contribution in [0.2, 0.25) is 0 Å². The molecule has 8 rings (SSSR count). The molecule has 312 valence electrons. The Morgan fingerprint density at radius 3 is 1.46 bits per heavy atom. The fraction of sp³-hybridized carbons (Fsp3) is 0.333. The van der Waals surface area contributed by atoms with Gasteiger partial charge in [-0.15, -0.1) is 0 Å². The topological polar surface area (TPSA) is 182 Å². The minimum Gasteiger partial charge on any atom is -0.495 e. The fourth-order valence-corrected chi connectivity index (χ4v) is 7.23. The lowest BCUT2D eigenvalue weighted by molar-refractivity contribution is -0.385. The zero-order valence-electron chi connectivity index (χ0n) is 33.5. The number of anilines is 5. The number of nitrogens with two attached hydrogens (primary N) is 1. The van der Waals surface area contributed by atoms with Gasteiger partial charge in [-0.05, 0) is 30.3 Å². The van der Waals surface area contributed by atoms with Crippen LogP contribution in [-0.2, 0) is 14.1 Å². The maximum Gasteiger partial charge on any atom is 0.311 e. The van der Waals surface area contributed by atoms with Crippen LogP contribution >= 0.6 is 0 Å². The van der Waals surface area contributed by atoms with Gasteiger partial charge in [0.1, 0.15) is 5.75 Å². The number of hydrogen-bond donors (Lipinski definition) is 2. The number of nitrogen functional groups attached to an aromatic ring is 1. The number of nitro groups is 1. The van der Waals surface area contributed by atoms with E-state index < -0.39 is 4.92 Å². The van der Waals surface area contributed by atoms with Gasteiger partial charge in [0, 0.05) is 150 Å². The molecule has 2 aromatic carbocycles. The minimum absolute atomic E-state index is 0. The second-order valence-corrected chi connectivity index (χ2v) is 13.6. The third kappa shape index (κ3) is 9.99. The molecule has 0 aliphatic carbocycles. The van der Waals surface area contributed by atoms with Crippen LogP contribution in [-0.4, -0.2) is 113 Å². The molecule has 0 unspecified atom stereocenters. The summed E-state index contributed by atoms with van der Waals surface area (Å²) in [5, 5.41) is 27.1. The zero-order chi connectivity index (χ0) is 41.2. The molecule has 2 aliphatic rings. The molecule has 4 aromatic heterocycles. The number of nitrogens with zero attached hydrogens (tertiary/aromatic N) is 11. The minimum atomic E-state index is -0.414. The third-order valence-corrected chi connectivity index (χ3v) is 10.1. The number of methoxy groups -OCH3 is 2. The second-order valence-electron chi connectivity index (χ2n) is 13.6. The maximum absolute atomic E-state index is 11.5. The summed E-state index contributed by atoms with van der Waals surface area (Å²) in [4.78, 5) is 28.8. The number of aromatic nitrogens is 6. The van der Waals surface area contributed by atoms with Crippen molar-refractivity contribution < 1.29 is 19.5 Å². The molecule has 0 radical (unpaired) electrons. The largest absolute Gasteiger partial charge is 0.495 e. The highest BCUT2D eigenvalue weighted by molar-refractivity contribution is 5.84. The van der Waals surface area contributed by atoms with Crippen molar-refractivity contribution in [2.45, 2.75) is 7.43 Å². The van der Waals surface area contributed by atoms with Crippen molar-refractivity contribution in [1.29, 1.82) is 0 Å². The van der Waals surface area contributed by atoms with E-state index in [1.807, 2.05) is 69.3 Å². The van der Waals surface area contributed by atoms with Crippen LogP contribution in [0, 0.1) is 10.1 Å². The van der Waals surface area contributed by atoms with Gasteiger partial charge < -0.3 is 39.9 Å². The lowest BCUT2D eigenvalue weighted by Gasteiger charge is -2.38. The molecular formula is C42H54N12O5. The number of rotatable bonds is 9. The van der Waals surface area contributed by atoms with Crippen molar-refractivity contribution in [3.63, 3.8) is 0 Å². The molecule has 0 saturated carbocycles. The summed E-state index contributed by atoms with van der Waals surface area (Å²) in [5.41, 5.74) is 14.8. The Kier molecular flexibility index (Phi) is 14.7. The quantitative estimate of drug-likeness (QED) is 0.108. The Labute approximate surface area is 345 Å². The highest BCUT2D eigenvalue weighted by Gasteiger charge is 2.26. The molecule has 2 fully saturated rings. The van der Waals surface area contributed by atoms with E-state index in [2.05, 4.69) is 51.9 Å². The SMILES string of the molecule is C.CO.COc1cc(N2CCN(c3cccnc3)CC2)c(-c2cnn(C)c2)cc1N.COc1cc(N2CCN(c3cccnc3)CC2)c(-c2cnn(C)c2)cc1[N+](=O)[O-]. The zero-order valence-corrected chi connectivity index (χ0v) is 33.5. The monoisotopic (exact) mass is 806 g/mol. The van der Waals surface area contributed by atoms with Crippen molar-refractivity contribution in [3.8, 4) is 33.8 Å². The average Bonchev–Trinajstić information content (AvgIpc) is 3.92. The van der Waals surface area contributed by atoms with E-state index in [0.717, 1.165) is 98.8 Å². The summed E-state index contributed by atoms with van der Waals surface area (Å²) in [6, 6.07) is 15.4. The first-order valence-corrected chi connectivity index (χ1v) is 18.8. The van der Waals surface area contributed by atoms with Crippen molar-refractivity contribution in [1.82, 2.24) is 29.5 Å². The summed E-state index contributed by atoms with van der Waals surface area (Å²) >= 11 is 0. The van der Waals surface area contributed by atoms with Crippen molar-refractivity contribution in [2.24, 2.45) is 14.1 Å². The number of pyridine rings is 2. The normalized spacial score (nSPS) is 13.7. The van der Waals surface area contributed by atoms with Gasteiger partial charge in [0.05, 0.1) is 61.0 Å². The van der Waals surface area contributed by atoms with Crippen LogP contribution in [0.3, 0.4) is 0 Å².